The number of rotatable bonds is 5. The Morgan fingerprint density at radius 3 is 1.90 bits per heavy atom. The zero-order chi connectivity index (χ0) is 14.5. The van der Waals surface area contributed by atoms with E-state index in [4.69, 9.17) is 9.47 Å². The highest BCUT2D eigenvalue weighted by Gasteiger charge is 2.12. The predicted molar refractivity (Wildman–Crippen MR) is 82.5 cm³/mol. The van der Waals surface area contributed by atoms with Crippen LogP contribution >= 0.6 is 0 Å². The van der Waals surface area contributed by atoms with Crippen molar-refractivity contribution in [2.24, 2.45) is 0 Å². The summed E-state index contributed by atoms with van der Waals surface area (Å²) >= 11 is 0. The average molecular weight is 271 g/mol. The van der Waals surface area contributed by atoms with Gasteiger partial charge in [-0.2, -0.15) is 0 Å². The van der Waals surface area contributed by atoms with Crippen LogP contribution in [0.3, 0.4) is 0 Å². The fourth-order valence-corrected chi connectivity index (χ4v) is 2.24. The van der Waals surface area contributed by atoms with Crippen LogP contribution in [0.5, 0.6) is 11.5 Å². The van der Waals surface area contributed by atoms with Crippen LogP contribution in [-0.2, 0) is 0 Å². The summed E-state index contributed by atoms with van der Waals surface area (Å²) in [4.78, 5) is 0. The van der Waals surface area contributed by atoms with Crippen molar-refractivity contribution in [2.75, 3.05) is 21.3 Å². The molecule has 1 atom stereocenters. The monoisotopic (exact) mass is 271 g/mol. The molecule has 0 bridgehead atoms. The number of benzene rings is 2. The molecule has 1 unspecified atom stereocenters. The lowest BCUT2D eigenvalue weighted by Crippen LogP contribution is -2.11. The van der Waals surface area contributed by atoms with Gasteiger partial charge in [0.2, 0.25) is 0 Å². The number of nitrogens with one attached hydrogen (secondary N) is 1. The van der Waals surface area contributed by atoms with Gasteiger partial charge >= 0.3 is 0 Å². The second kappa shape index (κ2) is 6.44. The molecule has 0 aromatic heterocycles. The quantitative estimate of drug-likeness (QED) is 0.900. The largest absolute Gasteiger partial charge is 0.496 e. The summed E-state index contributed by atoms with van der Waals surface area (Å²) in [5.74, 6) is 1.64. The van der Waals surface area contributed by atoms with Crippen LogP contribution in [0.2, 0.25) is 0 Å². The highest BCUT2D eigenvalue weighted by Crippen LogP contribution is 2.38. The van der Waals surface area contributed by atoms with Gasteiger partial charge in [-0.15, -0.1) is 0 Å². The van der Waals surface area contributed by atoms with Crippen molar-refractivity contribution < 1.29 is 9.47 Å². The molecule has 0 heterocycles. The molecule has 0 fully saturated rings. The number of methoxy groups -OCH3 is 2. The first-order chi connectivity index (χ1) is 9.71. The van der Waals surface area contributed by atoms with Gasteiger partial charge in [0.05, 0.1) is 19.8 Å². The summed E-state index contributed by atoms with van der Waals surface area (Å²) in [5.41, 5.74) is 3.33. The molecule has 0 aliphatic rings. The highest BCUT2D eigenvalue weighted by atomic mass is 16.5. The minimum atomic E-state index is 0.337. The maximum absolute atomic E-state index is 5.45. The minimum Gasteiger partial charge on any atom is -0.496 e. The van der Waals surface area contributed by atoms with E-state index in [2.05, 4.69) is 36.5 Å². The van der Waals surface area contributed by atoms with Crippen molar-refractivity contribution in [3.05, 3.63) is 48.0 Å². The summed E-state index contributed by atoms with van der Waals surface area (Å²) in [7, 11) is 5.31. The van der Waals surface area contributed by atoms with Gasteiger partial charge in [-0.05, 0) is 37.2 Å². The maximum Gasteiger partial charge on any atom is 0.130 e. The van der Waals surface area contributed by atoms with Gasteiger partial charge in [-0.1, -0.05) is 30.3 Å². The maximum atomic E-state index is 5.45. The average Bonchev–Trinajstić information content (AvgIpc) is 2.53. The second-order valence-electron chi connectivity index (χ2n) is 4.67. The lowest BCUT2D eigenvalue weighted by Gasteiger charge is -2.15. The van der Waals surface area contributed by atoms with Crippen molar-refractivity contribution in [3.8, 4) is 22.6 Å². The van der Waals surface area contributed by atoms with Crippen LogP contribution in [0.4, 0.5) is 0 Å². The van der Waals surface area contributed by atoms with Crippen molar-refractivity contribution in [2.45, 2.75) is 13.0 Å². The molecular formula is C17H21NO2. The molecule has 0 aliphatic carbocycles. The molecule has 0 amide bonds. The Kier molecular flexibility index (Phi) is 4.64. The molecule has 106 valence electrons. The van der Waals surface area contributed by atoms with Crippen LogP contribution in [0, 0.1) is 0 Å². The molecule has 0 spiro atoms. The molecule has 2 aromatic rings. The molecule has 1 N–H and O–H groups in total. The third-order valence-electron chi connectivity index (χ3n) is 3.56. The zero-order valence-corrected chi connectivity index (χ0v) is 12.4. The Morgan fingerprint density at radius 2 is 1.45 bits per heavy atom. The number of hydrogen-bond donors (Lipinski definition) is 1. The lowest BCUT2D eigenvalue weighted by atomic mass is 10.00. The SMILES string of the molecule is CNC(C)c1ccc(-c2c(OC)cccc2OC)cc1. The van der Waals surface area contributed by atoms with Crippen LogP contribution in [-0.4, -0.2) is 21.3 Å². The lowest BCUT2D eigenvalue weighted by molar-refractivity contribution is 0.397. The van der Waals surface area contributed by atoms with E-state index in [0.717, 1.165) is 22.6 Å². The second-order valence-corrected chi connectivity index (χ2v) is 4.67. The molecular weight excluding hydrogens is 250 g/mol. The topological polar surface area (TPSA) is 30.5 Å². The molecule has 20 heavy (non-hydrogen) atoms. The van der Waals surface area contributed by atoms with E-state index in [0.29, 0.717) is 6.04 Å². The summed E-state index contributed by atoms with van der Waals surface area (Å²) in [6.45, 7) is 2.14. The van der Waals surface area contributed by atoms with Gasteiger partial charge in [-0.25, -0.2) is 0 Å². The molecule has 0 aliphatic heterocycles. The number of hydrogen-bond acceptors (Lipinski definition) is 3. The van der Waals surface area contributed by atoms with E-state index in [1.807, 2.05) is 25.2 Å². The van der Waals surface area contributed by atoms with Crippen LogP contribution in [0.1, 0.15) is 18.5 Å². The molecule has 2 aromatic carbocycles. The van der Waals surface area contributed by atoms with E-state index in [1.165, 1.54) is 5.56 Å². The Bertz CT molecular complexity index is 541. The fraction of sp³-hybridized carbons (Fsp3) is 0.294. The first-order valence-electron chi connectivity index (χ1n) is 6.69. The van der Waals surface area contributed by atoms with Crippen molar-refractivity contribution in [1.29, 1.82) is 0 Å². The van der Waals surface area contributed by atoms with E-state index >= 15 is 0 Å². The van der Waals surface area contributed by atoms with E-state index < -0.39 is 0 Å². The van der Waals surface area contributed by atoms with E-state index in [-0.39, 0.29) is 0 Å². The molecule has 3 heteroatoms. The summed E-state index contributed by atoms with van der Waals surface area (Å²) in [6, 6.07) is 14.6. The summed E-state index contributed by atoms with van der Waals surface area (Å²) in [5, 5.41) is 3.24. The van der Waals surface area contributed by atoms with Crippen LogP contribution in [0.15, 0.2) is 42.5 Å². The van der Waals surface area contributed by atoms with Crippen LogP contribution in [0.25, 0.3) is 11.1 Å². The predicted octanol–water partition coefficient (Wildman–Crippen LogP) is 3.65. The highest BCUT2D eigenvalue weighted by molar-refractivity contribution is 5.77. The van der Waals surface area contributed by atoms with Gasteiger partial charge in [0.1, 0.15) is 11.5 Å². The minimum absolute atomic E-state index is 0.337. The van der Waals surface area contributed by atoms with Crippen molar-refractivity contribution >= 4 is 0 Å². The summed E-state index contributed by atoms with van der Waals surface area (Å²) < 4.78 is 10.9. The smallest absolute Gasteiger partial charge is 0.130 e. The third-order valence-corrected chi connectivity index (χ3v) is 3.56. The first-order valence-corrected chi connectivity index (χ1v) is 6.69. The molecule has 0 radical (unpaired) electrons. The molecule has 3 nitrogen and oxygen atoms in total. The fourth-order valence-electron chi connectivity index (χ4n) is 2.24. The van der Waals surface area contributed by atoms with Gasteiger partial charge in [0.15, 0.2) is 0 Å². The van der Waals surface area contributed by atoms with Gasteiger partial charge < -0.3 is 14.8 Å². The summed E-state index contributed by atoms with van der Waals surface area (Å²) in [6.07, 6.45) is 0. The van der Waals surface area contributed by atoms with E-state index in [9.17, 15) is 0 Å². The first kappa shape index (κ1) is 14.4. The van der Waals surface area contributed by atoms with Gasteiger partial charge in [0.25, 0.3) is 0 Å². The van der Waals surface area contributed by atoms with Gasteiger partial charge in [0, 0.05) is 6.04 Å². The molecule has 0 saturated carbocycles. The standard InChI is InChI=1S/C17H21NO2/c1-12(18-2)13-8-10-14(11-9-13)17-15(19-3)6-5-7-16(17)20-4/h5-12,18H,1-4H3. The van der Waals surface area contributed by atoms with Crippen LogP contribution < -0.4 is 14.8 Å². The Hall–Kier alpha value is -2.00. The number of ether oxygens (including phenoxy) is 2. The Balaban J connectivity index is 2.46. The third kappa shape index (κ3) is 2.78. The van der Waals surface area contributed by atoms with Crippen molar-refractivity contribution in [1.82, 2.24) is 5.32 Å². The molecule has 0 saturated heterocycles. The Morgan fingerprint density at radius 1 is 0.900 bits per heavy atom. The molecule has 2 rings (SSSR count). The van der Waals surface area contributed by atoms with E-state index in [1.54, 1.807) is 14.2 Å². The zero-order valence-electron chi connectivity index (χ0n) is 12.4. The van der Waals surface area contributed by atoms with Crippen molar-refractivity contribution in [3.63, 3.8) is 0 Å². The Labute approximate surface area is 120 Å². The van der Waals surface area contributed by atoms with Gasteiger partial charge in [-0.3, -0.25) is 0 Å². The normalized spacial score (nSPS) is 12.0.